The lowest BCUT2D eigenvalue weighted by molar-refractivity contribution is 0.0704. The van der Waals surface area contributed by atoms with Gasteiger partial charge in [0.15, 0.2) is 0 Å². The summed E-state index contributed by atoms with van der Waals surface area (Å²) in [4.78, 5) is 14.7. The van der Waals surface area contributed by atoms with Gasteiger partial charge in [-0.05, 0) is 54.8 Å². The zero-order valence-corrected chi connectivity index (χ0v) is 15.3. The van der Waals surface area contributed by atoms with Crippen molar-refractivity contribution >= 4 is 17.5 Å². The van der Waals surface area contributed by atoms with E-state index in [1.807, 2.05) is 24.3 Å². The molecule has 0 aliphatic heterocycles. The Morgan fingerprint density at radius 1 is 1.15 bits per heavy atom. The van der Waals surface area contributed by atoms with Gasteiger partial charge in [0, 0.05) is 16.5 Å². The Bertz CT molecular complexity index is 900. The summed E-state index contributed by atoms with van der Waals surface area (Å²) in [5.41, 5.74) is 0.548. The van der Waals surface area contributed by atoms with Crippen LogP contribution >= 0.6 is 11.6 Å². The number of benzene rings is 1. The van der Waals surface area contributed by atoms with Crippen molar-refractivity contribution in [3.05, 3.63) is 82.7 Å². The summed E-state index contributed by atoms with van der Waals surface area (Å²) in [6.45, 7) is 2.97. The topological polar surface area (TPSA) is 46.6 Å². The monoisotopic (exact) mass is 369 g/mol. The molecule has 5 heteroatoms. The Hall–Kier alpha value is -2.46. The van der Waals surface area contributed by atoms with Gasteiger partial charge in [-0.15, -0.1) is 0 Å². The maximum Gasteiger partial charge on any atom is 0.254 e. The molecule has 0 N–H and O–H groups in total. The van der Waals surface area contributed by atoms with Crippen molar-refractivity contribution in [2.45, 2.75) is 32.4 Å². The number of carbonyl (C=O) groups is 1. The Morgan fingerprint density at radius 2 is 1.96 bits per heavy atom. The van der Waals surface area contributed by atoms with E-state index in [9.17, 15) is 4.79 Å². The van der Waals surface area contributed by atoms with Crippen molar-refractivity contribution in [1.29, 1.82) is 0 Å². The van der Waals surface area contributed by atoms with Gasteiger partial charge in [-0.2, -0.15) is 0 Å². The van der Waals surface area contributed by atoms with Crippen molar-refractivity contribution in [3.63, 3.8) is 0 Å². The average Bonchev–Trinajstić information content (AvgIpc) is 3.04. The zero-order valence-electron chi connectivity index (χ0n) is 14.5. The summed E-state index contributed by atoms with van der Waals surface area (Å²) < 4.78 is 11.4. The smallest absolute Gasteiger partial charge is 0.254 e. The minimum atomic E-state index is -0.110. The first-order valence-electron chi connectivity index (χ1n) is 8.76. The molecule has 0 bridgehead atoms. The number of amides is 1. The van der Waals surface area contributed by atoms with Gasteiger partial charge < -0.3 is 13.7 Å². The molecule has 3 aromatic rings. The van der Waals surface area contributed by atoms with Gasteiger partial charge in [0.25, 0.3) is 5.91 Å². The predicted molar refractivity (Wildman–Crippen MR) is 99.0 cm³/mol. The van der Waals surface area contributed by atoms with Gasteiger partial charge in [0.05, 0.1) is 19.4 Å². The fourth-order valence-corrected chi connectivity index (χ4v) is 3.37. The number of halogens is 1. The van der Waals surface area contributed by atoms with Gasteiger partial charge in [-0.1, -0.05) is 24.6 Å². The molecule has 1 amide bonds. The summed E-state index contributed by atoms with van der Waals surface area (Å²) in [5.74, 6) is 3.61. The largest absolute Gasteiger partial charge is 0.467 e. The molecule has 1 aliphatic carbocycles. The van der Waals surface area contributed by atoms with E-state index in [0.29, 0.717) is 35.5 Å². The van der Waals surface area contributed by atoms with Crippen LogP contribution in [0.25, 0.3) is 0 Å². The number of hydrogen-bond acceptors (Lipinski definition) is 3. The highest BCUT2D eigenvalue weighted by molar-refractivity contribution is 6.30. The highest BCUT2D eigenvalue weighted by Gasteiger charge is 2.36. The van der Waals surface area contributed by atoms with E-state index >= 15 is 0 Å². The molecule has 26 heavy (non-hydrogen) atoms. The highest BCUT2D eigenvalue weighted by Crippen LogP contribution is 2.47. The number of carbonyl (C=O) groups excluding carboxylic acids is 1. The van der Waals surface area contributed by atoms with Gasteiger partial charge >= 0.3 is 0 Å². The van der Waals surface area contributed by atoms with Crippen LogP contribution in [0.2, 0.25) is 5.02 Å². The number of nitrogens with zero attached hydrogens (tertiary/aromatic N) is 1. The predicted octanol–water partition coefficient (Wildman–Crippen LogP) is 5.49. The van der Waals surface area contributed by atoms with E-state index in [1.165, 1.54) is 6.42 Å². The maximum atomic E-state index is 13.0. The Balaban J connectivity index is 1.56. The van der Waals surface area contributed by atoms with Crippen LogP contribution in [-0.4, -0.2) is 10.8 Å². The molecule has 0 spiro atoms. The van der Waals surface area contributed by atoms with Crippen LogP contribution in [0.1, 0.15) is 46.9 Å². The van der Waals surface area contributed by atoms with E-state index in [1.54, 1.807) is 35.4 Å². The van der Waals surface area contributed by atoms with Crippen molar-refractivity contribution < 1.29 is 13.6 Å². The molecule has 0 radical (unpaired) electrons. The molecule has 1 fully saturated rings. The van der Waals surface area contributed by atoms with Gasteiger partial charge in [0.1, 0.15) is 17.3 Å². The molecule has 4 rings (SSSR count). The van der Waals surface area contributed by atoms with E-state index in [-0.39, 0.29) is 5.91 Å². The lowest BCUT2D eigenvalue weighted by atomic mass is 10.2. The second kappa shape index (κ2) is 7.04. The Kier molecular flexibility index (Phi) is 4.60. The quantitative estimate of drug-likeness (QED) is 0.577. The summed E-state index contributed by atoms with van der Waals surface area (Å²) in [6, 6.07) is 14.6. The SMILES string of the molecule is CC1CC1c1ccc(CN(Cc2ccco2)C(=O)c2cccc(Cl)c2)o1. The molecule has 1 aromatic carbocycles. The lowest BCUT2D eigenvalue weighted by Gasteiger charge is -2.21. The minimum absolute atomic E-state index is 0.110. The Labute approximate surface area is 157 Å². The van der Waals surface area contributed by atoms with Gasteiger partial charge in [-0.3, -0.25) is 4.79 Å². The molecule has 1 aliphatic rings. The molecular weight excluding hydrogens is 350 g/mol. The first kappa shape index (κ1) is 17.0. The lowest BCUT2D eigenvalue weighted by Crippen LogP contribution is -2.29. The maximum absolute atomic E-state index is 13.0. The van der Waals surface area contributed by atoms with Gasteiger partial charge in [-0.25, -0.2) is 0 Å². The van der Waals surface area contributed by atoms with Crippen LogP contribution in [-0.2, 0) is 13.1 Å². The molecule has 1 saturated carbocycles. The van der Waals surface area contributed by atoms with Crippen molar-refractivity contribution in [2.75, 3.05) is 0 Å². The van der Waals surface area contributed by atoms with E-state index in [2.05, 4.69) is 6.92 Å². The van der Waals surface area contributed by atoms with Crippen LogP contribution in [0, 0.1) is 5.92 Å². The normalized spacial score (nSPS) is 18.7. The highest BCUT2D eigenvalue weighted by atomic mass is 35.5. The molecule has 134 valence electrons. The molecule has 2 atom stereocenters. The van der Waals surface area contributed by atoms with Crippen LogP contribution in [0.3, 0.4) is 0 Å². The fourth-order valence-electron chi connectivity index (χ4n) is 3.18. The molecule has 0 saturated heterocycles. The minimum Gasteiger partial charge on any atom is -0.467 e. The molecule has 2 unspecified atom stereocenters. The van der Waals surface area contributed by atoms with Crippen molar-refractivity contribution in [2.24, 2.45) is 5.92 Å². The van der Waals surface area contributed by atoms with Crippen LogP contribution in [0.5, 0.6) is 0 Å². The Morgan fingerprint density at radius 3 is 2.65 bits per heavy atom. The molecule has 2 aromatic heterocycles. The third-order valence-corrected chi connectivity index (χ3v) is 5.02. The average molecular weight is 370 g/mol. The number of rotatable bonds is 6. The summed E-state index contributed by atoms with van der Waals surface area (Å²) >= 11 is 6.05. The van der Waals surface area contributed by atoms with Crippen LogP contribution < -0.4 is 0 Å². The molecule has 4 nitrogen and oxygen atoms in total. The molecular formula is C21H20ClNO3. The van der Waals surface area contributed by atoms with E-state index < -0.39 is 0 Å². The summed E-state index contributed by atoms with van der Waals surface area (Å²) in [6.07, 6.45) is 2.78. The van der Waals surface area contributed by atoms with Crippen molar-refractivity contribution in [3.8, 4) is 0 Å². The number of furan rings is 2. The first-order valence-corrected chi connectivity index (χ1v) is 9.14. The third-order valence-electron chi connectivity index (χ3n) is 4.79. The van der Waals surface area contributed by atoms with E-state index in [0.717, 1.165) is 17.3 Å². The van der Waals surface area contributed by atoms with Gasteiger partial charge in [0.2, 0.25) is 0 Å². The fraction of sp³-hybridized carbons (Fsp3) is 0.286. The van der Waals surface area contributed by atoms with Crippen LogP contribution in [0.15, 0.2) is 63.6 Å². The van der Waals surface area contributed by atoms with Crippen LogP contribution in [0.4, 0.5) is 0 Å². The number of hydrogen-bond donors (Lipinski definition) is 0. The summed E-state index contributed by atoms with van der Waals surface area (Å²) in [7, 11) is 0. The second-order valence-electron chi connectivity index (χ2n) is 6.87. The third kappa shape index (κ3) is 3.70. The molecule has 2 heterocycles. The summed E-state index contributed by atoms with van der Waals surface area (Å²) in [5, 5.41) is 0.539. The van der Waals surface area contributed by atoms with Crippen molar-refractivity contribution in [1.82, 2.24) is 4.90 Å². The van der Waals surface area contributed by atoms with E-state index in [4.69, 9.17) is 20.4 Å². The zero-order chi connectivity index (χ0) is 18.1. The second-order valence-corrected chi connectivity index (χ2v) is 7.31. The standard InChI is InChI=1S/C21H20ClNO3/c1-14-10-19(14)20-8-7-18(26-20)13-23(12-17-6-3-9-25-17)21(24)15-4-2-5-16(22)11-15/h2-9,11,14,19H,10,12-13H2,1H3. The first-order chi connectivity index (χ1) is 12.6.